The maximum atomic E-state index is 12.2. The monoisotopic (exact) mass is 245 g/mol. The zero-order valence-corrected chi connectivity index (χ0v) is 12.0. The molecule has 0 saturated heterocycles. The lowest BCUT2D eigenvalue weighted by Gasteiger charge is -2.21. The summed E-state index contributed by atoms with van der Waals surface area (Å²) < 4.78 is 12.2. The van der Waals surface area contributed by atoms with E-state index in [-0.39, 0.29) is 0 Å². The van der Waals surface area contributed by atoms with Crippen LogP contribution in [0.5, 0.6) is 0 Å². The van der Waals surface area contributed by atoms with Gasteiger partial charge >= 0.3 is 0 Å². The fourth-order valence-electron chi connectivity index (χ4n) is 2.57. The highest BCUT2D eigenvalue weighted by Gasteiger charge is 2.35. The zero-order chi connectivity index (χ0) is 12.1. The number of hydrogen-bond donors (Lipinski definition) is 1. The van der Waals surface area contributed by atoms with Crippen LogP contribution in [0.4, 0.5) is 0 Å². The van der Waals surface area contributed by atoms with E-state index < -0.39 is 10.8 Å². The van der Waals surface area contributed by atoms with Crippen LogP contribution in [0.2, 0.25) is 0 Å². The van der Waals surface area contributed by atoms with E-state index in [1.807, 2.05) is 0 Å². The summed E-state index contributed by atoms with van der Waals surface area (Å²) in [5.74, 6) is 2.00. The van der Waals surface area contributed by atoms with Crippen molar-refractivity contribution in [2.24, 2.45) is 11.8 Å². The Kier molecular flexibility index (Phi) is 5.98. The normalized spacial score (nSPS) is 32.2. The lowest BCUT2D eigenvalue weighted by molar-refractivity contribution is 0.429. The minimum atomic E-state index is -0.622. The maximum Gasteiger partial charge on any atom is 0.0389 e. The second-order valence-corrected chi connectivity index (χ2v) is 7.18. The third-order valence-electron chi connectivity index (χ3n) is 3.48. The molecule has 1 fully saturated rings. The van der Waals surface area contributed by atoms with Gasteiger partial charge in [-0.3, -0.25) is 4.21 Å². The summed E-state index contributed by atoms with van der Waals surface area (Å²) >= 11 is 0. The fraction of sp³-hybridized carbons (Fsp3) is 1.00. The Morgan fingerprint density at radius 2 is 2.06 bits per heavy atom. The smallest absolute Gasteiger partial charge is 0.0389 e. The van der Waals surface area contributed by atoms with Gasteiger partial charge in [-0.25, -0.2) is 0 Å². The van der Waals surface area contributed by atoms with Gasteiger partial charge < -0.3 is 5.32 Å². The second-order valence-electron chi connectivity index (χ2n) is 5.48. The Morgan fingerprint density at radius 1 is 1.38 bits per heavy atom. The van der Waals surface area contributed by atoms with Gasteiger partial charge in [0.05, 0.1) is 0 Å². The van der Waals surface area contributed by atoms with Gasteiger partial charge in [-0.1, -0.05) is 27.7 Å². The first-order valence-electron chi connectivity index (χ1n) is 6.66. The molecule has 0 aliphatic heterocycles. The van der Waals surface area contributed by atoms with Gasteiger partial charge in [-0.2, -0.15) is 0 Å². The molecule has 4 atom stereocenters. The average molecular weight is 245 g/mol. The first-order valence-corrected chi connectivity index (χ1v) is 8.05. The van der Waals surface area contributed by atoms with Gasteiger partial charge in [-0.15, -0.1) is 0 Å². The predicted octanol–water partition coefficient (Wildman–Crippen LogP) is 2.56. The Balaban J connectivity index is 2.43. The molecule has 0 aromatic heterocycles. The first-order chi connectivity index (χ1) is 7.56. The van der Waals surface area contributed by atoms with Crippen molar-refractivity contribution in [2.45, 2.75) is 58.2 Å². The van der Waals surface area contributed by atoms with Crippen LogP contribution in [0.1, 0.15) is 47.0 Å². The van der Waals surface area contributed by atoms with Crippen molar-refractivity contribution in [1.29, 1.82) is 0 Å². The summed E-state index contributed by atoms with van der Waals surface area (Å²) in [7, 11) is -0.622. The van der Waals surface area contributed by atoms with Crippen LogP contribution in [-0.2, 0) is 10.8 Å². The molecule has 0 aromatic carbocycles. The van der Waals surface area contributed by atoms with E-state index in [0.29, 0.717) is 23.1 Å². The van der Waals surface area contributed by atoms with Crippen LogP contribution in [-0.4, -0.2) is 27.8 Å². The van der Waals surface area contributed by atoms with Crippen LogP contribution in [0, 0.1) is 11.8 Å². The molecule has 0 bridgehead atoms. The van der Waals surface area contributed by atoms with Crippen LogP contribution in [0.25, 0.3) is 0 Å². The third kappa shape index (κ3) is 3.85. The molecule has 0 heterocycles. The highest BCUT2D eigenvalue weighted by Crippen LogP contribution is 2.30. The summed E-state index contributed by atoms with van der Waals surface area (Å²) in [6, 6.07) is 0.598. The van der Waals surface area contributed by atoms with Crippen molar-refractivity contribution in [2.75, 3.05) is 12.3 Å². The maximum absolute atomic E-state index is 12.2. The van der Waals surface area contributed by atoms with Gasteiger partial charge in [0.1, 0.15) is 0 Å². The molecule has 0 amide bonds. The molecule has 2 nitrogen and oxygen atoms in total. The van der Waals surface area contributed by atoms with Gasteiger partial charge in [-0.05, 0) is 37.6 Å². The van der Waals surface area contributed by atoms with E-state index in [1.54, 1.807) is 0 Å². The number of nitrogens with one attached hydrogen (secondary N) is 1. The molecule has 0 aromatic rings. The topological polar surface area (TPSA) is 29.1 Å². The molecule has 3 heteroatoms. The summed E-state index contributed by atoms with van der Waals surface area (Å²) in [4.78, 5) is 0. The SMILES string of the molecule is CCCNC1CCC(S(=O)CC(C)C)C1C. The van der Waals surface area contributed by atoms with E-state index in [9.17, 15) is 4.21 Å². The molecule has 1 saturated carbocycles. The van der Waals surface area contributed by atoms with E-state index in [0.717, 1.165) is 18.7 Å². The molecule has 1 aliphatic carbocycles. The number of hydrogen-bond acceptors (Lipinski definition) is 2. The minimum absolute atomic E-state index is 0.428. The molecule has 1 aliphatic rings. The third-order valence-corrected chi connectivity index (χ3v) is 5.81. The van der Waals surface area contributed by atoms with Gasteiger partial charge in [0.2, 0.25) is 0 Å². The van der Waals surface area contributed by atoms with Crippen LogP contribution < -0.4 is 5.32 Å². The average Bonchev–Trinajstić information content (AvgIpc) is 2.56. The van der Waals surface area contributed by atoms with E-state index in [4.69, 9.17) is 0 Å². The second kappa shape index (κ2) is 6.75. The standard InChI is InChI=1S/C13H27NOS/c1-5-8-14-12-6-7-13(11(12)4)16(15)9-10(2)3/h10-14H,5-9H2,1-4H3. The fourth-order valence-corrected chi connectivity index (χ4v) is 4.54. The van der Waals surface area contributed by atoms with Gasteiger partial charge in [0.25, 0.3) is 0 Å². The predicted molar refractivity (Wildman–Crippen MR) is 72.1 cm³/mol. The van der Waals surface area contributed by atoms with Crippen molar-refractivity contribution in [3.63, 3.8) is 0 Å². The van der Waals surface area contributed by atoms with Crippen LogP contribution in [0.3, 0.4) is 0 Å². The van der Waals surface area contributed by atoms with Crippen LogP contribution in [0.15, 0.2) is 0 Å². The number of rotatable bonds is 6. The largest absolute Gasteiger partial charge is 0.314 e. The lowest BCUT2D eigenvalue weighted by atomic mass is 10.1. The highest BCUT2D eigenvalue weighted by molar-refractivity contribution is 7.85. The molecular weight excluding hydrogens is 218 g/mol. The van der Waals surface area contributed by atoms with Gasteiger partial charge in [0.15, 0.2) is 0 Å². The van der Waals surface area contributed by atoms with E-state index >= 15 is 0 Å². The Labute approximate surface area is 103 Å². The quantitative estimate of drug-likeness (QED) is 0.779. The summed E-state index contributed by atoms with van der Waals surface area (Å²) in [5.41, 5.74) is 0. The van der Waals surface area contributed by atoms with E-state index in [2.05, 4.69) is 33.0 Å². The zero-order valence-electron chi connectivity index (χ0n) is 11.2. The highest BCUT2D eigenvalue weighted by atomic mass is 32.2. The summed E-state index contributed by atoms with van der Waals surface area (Å²) in [6.07, 6.45) is 3.53. The van der Waals surface area contributed by atoms with Crippen molar-refractivity contribution in [3.05, 3.63) is 0 Å². The van der Waals surface area contributed by atoms with E-state index in [1.165, 1.54) is 12.8 Å². The lowest BCUT2D eigenvalue weighted by Crippen LogP contribution is -2.36. The molecule has 16 heavy (non-hydrogen) atoms. The first kappa shape index (κ1) is 14.2. The molecule has 0 radical (unpaired) electrons. The molecule has 4 unspecified atom stereocenters. The van der Waals surface area contributed by atoms with Crippen molar-refractivity contribution in [3.8, 4) is 0 Å². The molecule has 0 spiro atoms. The molecule has 1 N–H and O–H groups in total. The van der Waals surface area contributed by atoms with Gasteiger partial charge in [0, 0.05) is 27.8 Å². The summed E-state index contributed by atoms with van der Waals surface area (Å²) in [6.45, 7) is 9.87. The van der Waals surface area contributed by atoms with Crippen molar-refractivity contribution in [1.82, 2.24) is 5.32 Å². The minimum Gasteiger partial charge on any atom is -0.314 e. The summed E-state index contributed by atoms with van der Waals surface area (Å²) in [5, 5.41) is 4.01. The van der Waals surface area contributed by atoms with Crippen molar-refractivity contribution < 1.29 is 4.21 Å². The Morgan fingerprint density at radius 3 is 2.62 bits per heavy atom. The molecular formula is C13H27NOS. The van der Waals surface area contributed by atoms with Crippen molar-refractivity contribution >= 4 is 10.8 Å². The van der Waals surface area contributed by atoms with Crippen LogP contribution >= 0.6 is 0 Å². The Hall–Kier alpha value is 0.110. The Bertz CT molecular complexity index is 230. The molecule has 96 valence electrons. The molecule has 1 rings (SSSR count).